The number of carbonyl (C=O) groups is 1. The summed E-state index contributed by atoms with van der Waals surface area (Å²) in [6, 6.07) is 8.65. The van der Waals surface area contributed by atoms with Crippen LogP contribution in [-0.4, -0.2) is 17.2 Å². The third-order valence-corrected chi connectivity index (χ3v) is 4.46. The minimum atomic E-state index is -0.180. The zero-order chi connectivity index (χ0) is 13.9. The van der Waals surface area contributed by atoms with Crippen molar-refractivity contribution in [1.29, 1.82) is 0 Å². The molecule has 0 atom stereocenters. The molecule has 1 aliphatic rings. The van der Waals surface area contributed by atoms with E-state index in [1.54, 1.807) is 35.6 Å². The van der Waals surface area contributed by atoms with E-state index in [0.29, 0.717) is 4.88 Å². The Hall–Kier alpha value is -2.14. The van der Waals surface area contributed by atoms with Crippen LogP contribution in [0.25, 0.3) is 0 Å². The van der Waals surface area contributed by atoms with Gasteiger partial charge in [-0.05, 0) is 48.6 Å². The summed E-state index contributed by atoms with van der Waals surface area (Å²) in [5.74, 6) is -0.00392. The van der Waals surface area contributed by atoms with Gasteiger partial charge in [0.25, 0.3) is 5.91 Å². The van der Waals surface area contributed by atoms with E-state index in [0.717, 1.165) is 18.4 Å². The van der Waals surface area contributed by atoms with E-state index < -0.39 is 0 Å². The van der Waals surface area contributed by atoms with E-state index in [-0.39, 0.29) is 11.7 Å². The highest BCUT2D eigenvalue weighted by Crippen LogP contribution is 2.30. The molecule has 1 aromatic carbocycles. The molecule has 20 heavy (non-hydrogen) atoms. The second-order valence-electron chi connectivity index (χ2n) is 4.71. The molecule has 1 aliphatic carbocycles. The van der Waals surface area contributed by atoms with Crippen molar-refractivity contribution in [3.05, 3.63) is 51.2 Å². The second kappa shape index (κ2) is 5.46. The molecule has 0 saturated carbocycles. The van der Waals surface area contributed by atoms with Crippen LogP contribution in [0.1, 0.15) is 32.1 Å². The maximum absolute atomic E-state index is 11.9. The maximum atomic E-state index is 11.9. The second-order valence-corrected chi connectivity index (χ2v) is 5.84. The number of aromatic hydroxyl groups is 1. The zero-order valence-corrected chi connectivity index (χ0v) is 11.6. The first kappa shape index (κ1) is 12.9. The van der Waals surface area contributed by atoms with Crippen molar-refractivity contribution in [2.45, 2.75) is 19.3 Å². The fourth-order valence-corrected chi connectivity index (χ4v) is 3.41. The fourth-order valence-electron chi connectivity index (χ4n) is 2.27. The minimum absolute atomic E-state index is 0.176. The van der Waals surface area contributed by atoms with Gasteiger partial charge in [-0.3, -0.25) is 4.79 Å². The van der Waals surface area contributed by atoms with Gasteiger partial charge in [-0.2, -0.15) is 5.10 Å². The number of nitrogens with one attached hydrogen (secondary N) is 1. The average Bonchev–Trinajstić information content (AvgIpc) is 2.99. The number of hydrogen-bond acceptors (Lipinski definition) is 4. The molecular formula is C15H14N2O2S. The van der Waals surface area contributed by atoms with Gasteiger partial charge in [0.05, 0.1) is 11.1 Å². The number of rotatable bonds is 3. The first-order chi connectivity index (χ1) is 9.72. The molecule has 0 bridgehead atoms. The van der Waals surface area contributed by atoms with Gasteiger partial charge in [-0.15, -0.1) is 11.3 Å². The van der Waals surface area contributed by atoms with Crippen LogP contribution in [0.5, 0.6) is 5.75 Å². The third-order valence-electron chi connectivity index (χ3n) is 3.22. The Morgan fingerprint density at radius 2 is 2.25 bits per heavy atom. The highest BCUT2D eigenvalue weighted by Gasteiger charge is 2.17. The summed E-state index contributed by atoms with van der Waals surface area (Å²) in [6.07, 6.45) is 4.86. The lowest BCUT2D eigenvalue weighted by Gasteiger charge is -1.97. The largest absolute Gasteiger partial charge is 0.508 e. The van der Waals surface area contributed by atoms with Crippen LogP contribution >= 0.6 is 11.3 Å². The van der Waals surface area contributed by atoms with Gasteiger partial charge in [0.1, 0.15) is 5.75 Å². The first-order valence-electron chi connectivity index (χ1n) is 6.46. The van der Waals surface area contributed by atoms with Gasteiger partial charge in [0.15, 0.2) is 0 Å². The fraction of sp³-hybridized carbons (Fsp3) is 0.200. The number of nitrogens with zero attached hydrogens (tertiary/aromatic N) is 1. The number of hydrazone groups is 1. The summed E-state index contributed by atoms with van der Waals surface area (Å²) < 4.78 is 0. The summed E-state index contributed by atoms with van der Waals surface area (Å²) in [5, 5.41) is 13.2. The predicted octanol–water partition coefficient (Wildman–Crippen LogP) is 2.71. The van der Waals surface area contributed by atoms with Gasteiger partial charge in [0.2, 0.25) is 0 Å². The molecule has 102 valence electrons. The van der Waals surface area contributed by atoms with E-state index in [9.17, 15) is 9.90 Å². The van der Waals surface area contributed by atoms with Crippen molar-refractivity contribution in [3.8, 4) is 5.75 Å². The smallest absolute Gasteiger partial charge is 0.281 e. The lowest BCUT2D eigenvalue weighted by atomic mass is 10.2. The van der Waals surface area contributed by atoms with Crippen LogP contribution in [0.15, 0.2) is 35.4 Å². The lowest BCUT2D eigenvalue weighted by molar-refractivity contribution is 0.0959. The Kier molecular flexibility index (Phi) is 3.52. The molecule has 2 aromatic rings. The number of phenolic OH excluding ortho intramolecular Hbond substituents is 1. The Morgan fingerprint density at radius 1 is 1.35 bits per heavy atom. The summed E-state index contributed by atoms with van der Waals surface area (Å²) in [4.78, 5) is 14.0. The van der Waals surface area contributed by atoms with Gasteiger partial charge >= 0.3 is 0 Å². The van der Waals surface area contributed by atoms with E-state index in [2.05, 4.69) is 10.5 Å². The minimum Gasteiger partial charge on any atom is -0.508 e. The van der Waals surface area contributed by atoms with Crippen molar-refractivity contribution in [2.24, 2.45) is 5.10 Å². The molecule has 5 heteroatoms. The lowest BCUT2D eigenvalue weighted by Crippen LogP contribution is -2.16. The molecule has 3 rings (SSSR count). The van der Waals surface area contributed by atoms with Crippen molar-refractivity contribution >= 4 is 23.5 Å². The molecule has 0 spiro atoms. The molecule has 0 saturated heterocycles. The van der Waals surface area contributed by atoms with Crippen molar-refractivity contribution in [3.63, 3.8) is 0 Å². The molecule has 0 aliphatic heterocycles. The predicted molar refractivity (Wildman–Crippen MR) is 79.5 cm³/mol. The van der Waals surface area contributed by atoms with E-state index in [4.69, 9.17) is 0 Å². The number of amides is 1. The van der Waals surface area contributed by atoms with Gasteiger partial charge in [-0.25, -0.2) is 5.43 Å². The van der Waals surface area contributed by atoms with Crippen molar-refractivity contribution in [2.75, 3.05) is 0 Å². The Bertz CT molecular complexity index is 655. The molecule has 1 aromatic heterocycles. The van der Waals surface area contributed by atoms with Crippen molar-refractivity contribution in [1.82, 2.24) is 5.43 Å². The number of phenols is 1. The number of aryl methyl sites for hydroxylation is 2. The topological polar surface area (TPSA) is 61.7 Å². The summed E-state index contributed by atoms with van der Waals surface area (Å²) in [6.45, 7) is 0. The number of thiophene rings is 1. The van der Waals surface area contributed by atoms with Crippen LogP contribution < -0.4 is 5.43 Å². The number of carbonyl (C=O) groups excluding carboxylic acids is 1. The van der Waals surface area contributed by atoms with E-state index in [1.807, 2.05) is 6.07 Å². The van der Waals surface area contributed by atoms with Gasteiger partial charge in [0, 0.05) is 4.88 Å². The van der Waals surface area contributed by atoms with Crippen LogP contribution in [0.2, 0.25) is 0 Å². The van der Waals surface area contributed by atoms with Crippen LogP contribution in [0.4, 0.5) is 0 Å². The molecule has 2 N–H and O–H groups in total. The number of benzene rings is 1. The normalized spacial score (nSPS) is 13.6. The third kappa shape index (κ3) is 2.72. The highest BCUT2D eigenvalue weighted by molar-refractivity contribution is 7.14. The zero-order valence-electron chi connectivity index (χ0n) is 10.8. The monoisotopic (exact) mass is 286 g/mol. The van der Waals surface area contributed by atoms with Crippen LogP contribution in [0, 0.1) is 0 Å². The van der Waals surface area contributed by atoms with E-state index >= 15 is 0 Å². The number of hydrogen-bond donors (Lipinski definition) is 2. The van der Waals surface area contributed by atoms with Gasteiger partial charge < -0.3 is 5.11 Å². The summed E-state index contributed by atoms with van der Waals surface area (Å²) in [5.41, 5.74) is 4.55. The maximum Gasteiger partial charge on any atom is 0.281 e. The summed E-state index contributed by atoms with van der Waals surface area (Å²) in [7, 11) is 0. The first-order valence-corrected chi connectivity index (χ1v) is 7.28. The molecular weight excluding hydrogens is 272 g/mol. The number of fused-ring (bicyclic) bond motifs is 1. The average molecular weight is 286 g/mol. The molecule has 0 fully saturated rings. The Labute approximate surface area is 120 Å². The quantitative estimate of drug-likeness (QED) is 0.673. The van der Waals surface area contributed by atoms with E-state index in [1.165, 1.54) is 23.1 Å². The molecule has 1 amide bonds. The highest BCUT2D eigenvalue weighted by atomic mass is 32.1. The Morgan fingerprint density at radius 3 is 3.05 bits per heavy atom. The van der Waals surface area contributed by atoms with Gasteiger partial charge in [-0.1, -0.05) is 12.1 Å². The molecule has 0 radical (unpaired) electrons. The van der Waals surface area contributed by atoms with Crippen LogP contribution in [0.3, 0.4) is 0 Å². The molecule has 1 heterocycles. The summed E-state index contributed by atoms with van der Waals surface area (Å²) >= 11 is 1.55. The standard InChI is InChI=1S/C15H14N2O2S/c18-12-5-1-3-10(7-12)9-16-17-15(19)14-8-11-4-2-6-13(11)20-14/h1,3,5,7-9,18H,2,4,6H2,(H,17,19)/b16-9-. The SMILES string of the molecule is O=C(N/N=C\c1cccc(O)c1)c1cc2c(s1)CCC2. The van der Waals surface area contributed by atoms with Crippen molar-refractivity contribution < 1.29 is 9.90 Å². The molecule has 0 unspecified atom stereocenters. The Balaban J connectivity index is 1.64. The molecule has 4 nitrogen and oxygen atoms in total. The van der Waals surface area contributed by atoms with Crippen LogP contribution in [-0.2, 0) is 12.8 Å².